The Labute approximate surface area is 168 Å². The van der Waals surface area contributed by atoms with Crippen LogP contribution in [0.1, 0.15) is 5.56 Å². The standard InChI is InChI=1S/C20H24F2N2O5/c1-24(11-13-5-7-17(29-20(21)22)18(9-13)28-4)12-19(25)23-15-10-14(26-2)6-8-16(15)27-3/h5-10,20H,11-12H2,1-4H3,(H,23,25)/p+1. The first kappa shape index (κ1) is 22.2. The molecular weight excluding hydrogens is 386 g/mol. The SMILES string of the molecule is COc1ccc(OC)c(NC(=O)C[NH+](C)Cc2ccc(OC(F)F)c(OC)c2)c1. The number of amides is 1. The molecule has 158 valence electrons. The topological polar surface area (TPSA) is 70.5 Å². The van der Waals surface area contributed by atoms with E-state index < -0.39 is 6.61 Å². The zero-order chi connectivity index (χ0) is 21.4. The largest absolute Gasteiger partial charge is 0.497 e. The first-order chi connectivity index (χ1) is 13.9. The van der Waals surface area contributed by atoms with Gasteiger partial charge in [0.25, 0.3) is 5.91 Å². The molecule has 0 aromatic heterocycles. The summed E-state index contributed by atoms with van der Waals surface area (Å²) >= 11 is 0. The van der Waals surface area contributed by atoms with Gasteiger partial charge in [-0.15, -0.1) is 0 Å². The number of nitrogens with one attached hydrogen (secondary N) is 2. The number of likely N-dealkylation sites (N-methyl/N-ethyl adjacent to an activating group) is 1. The number of carbonyl (C=O) groups is 1. The molecule has 0 fully saturated rings. The van der Waals surface area contributed by atoms with Gasteiger partial charge in [0.05, 0.1) is 34.1 Å². The lowest BCUT2D eigenvalue weighted by Gasteiger charge is -2.16. The van der Waals surface area contributed by atoms with Gasteiger partial charge in [-0.3, -0.25) is 4.79 Å². The Kier molecular flexibility index (Phi) is 8.02. The van der Waals surface area contributed by atoms with Crippen LogP contribution in [0, 0.1) is 0 Å². The third kappa shape index (κ3) is 6.49. The maximum absolute atomic E-state index is 12.4. The summed E-state index contributed by atoms with van der Waals surface area (Å²) in [5, 5.41) is 2.81. The molecule has 0 saturated heterocycles. The van der Waals surface area contributed by atoms with E-state index in [-0.39, 0.29) is 24.0 Å². The van der Waals surface area contributed by atoms with Gasteiger partial charge in [0.2, 0.25) is 0 Å². The van der Waals surface area contributed by atoms with Gasteiger partial charge in [-0.05, 0) is 30.3 Å². The lowest BCUT2D eigenvalue weighted by molar-refractivity contribution is -0.885. The van der Waals surface area contributed by atoms with E-state index in [4.69, 9.17) is 14.2 Å². The van der Waals surface area contributed by atoms with Crippen molar-refractivity contribution < 1.29 is 37.4 Å². The number of halogens is 2. The molecule has 7 nitrogen and oxygen atoms in total. The van der Waals surface area contributed by atoms with Gasteiger partial charge in [-0.25, -0.2) is 0 Å². The summed E-state index contributed by atoms with van der Waals surface area (Å²) in [5.41, 5.74) is 1.33. The number of hydrogen-bond donors (Lipinski definition) is 2. The highest BCUT2D eigenvalue weighted by Crippen LogP contribution is 2.30. The molecule has 0 bridgehead atoms. The third-order valence-corrected chi connectivity index (χ3v) is 4.09. The Morgan fingerprint density at radius 3 is 2.31 bits per heavy atom. The molecule has 0 aliphatic heterocycles. The van der Waals surface area contributed by atoms with Crippen molar-refractivity contribution in [3.63, 3.8) is 0 Å². The maximum atomic E-state index is 12.4. The molecule has 2 rings (SSSR count). The first-order valence-electron chi connectivity index (χ1n) is 8.81. The summed E-state index contributed by atoms with van der Waals surface area (Å²) in [6.45, 7) is -2.27. The Balaban J connectivity index is 2.00. The minimum absolute atomic E-state index is 0.0354. The molecule has 0 saturated carbocycles. The average Bonchev–Trinajstić information content (AvgIpc) is 2.68. The predicted octanol–water partition coefficient (Wildman–Crippen LogP) is 1.97. The van der Waals surface area contributed by atoms with E-state index in [1.54, 1.807) is 30.3 Å². The fraction of sp³-hybridized carbons (Fsp3) is 0.350. The van der Waals surface area contributed by atoms with E-state index in [0.29, 0.717) is 23.7 Å². The normalized spacial score (nSPS) is 11.7. The Hall–Kier alpha value is -3.07. The van der Waals surface area contributed by atoms with Gasteiger partial charge in [0.15, 0.2) is 18.0 Å². The minimum Gasteiger partial charge on any atom is -0.497 e. The van der Waals surface area contributed by atoms with Crippen molar-refractivity contribution in [2.75, 3.05) is 40.2 Å². The molecule has 1 atom stereocenters. The van der Waals surface area contributed by atoms with Crippen molar-refractivity contribution in [1.82, 2.24) is 0 Å². The van der Waals surface area contributed by atoms with E-state index in [0.717, 1.165) is 10.5 Å². The summed E-state index contributed by atoms with van der Waals surface area (Å²) in [6, 6.07) is 9.82. The van der Waals surface area contributed by atoms with Crippen molar-refractivity contribution in [2.24, 2.45) is 0 Å². The number of quaternary nitrogens is 1. The lowest BCUT2D eigenvalue weighted by Crippen LogP contribution is -3.08. The molecule has 9 heteroatoms. The number of ether oxygens (including phenoxy) is 4. The Morgan fingerprint density at radius 1 is 1.00 bits per heavy atom. The number of alkyl halides is 2. The lowest BCUT2D eigenvalue weighted by atomic mass is 10.2. The van der Waals surface area contributed by atoms with Crippen molar-refractivity contribution >= 4 is 11.6 Å². The van der Waals surface area contributed by atoms with Gasteiger partial charge in [-0.1, -0.05) is 0 Å². The number of carbonyl (C=O) groups excluding carboxylic acids is 1. The molecule has 1 amide bonds. The van der Waals surface area contributed by atoms with Crippen LogP contribution in [0.25, 0.3) is 0 Å². The minimum atomic E-state index is -2.93. The average molecular weight is 411 g/mol. The first-order valence-corrected chi connectivity index (χ1v) is 8.81. The Bertz CT molecular complexity index is 833. The van der Waals surface area contributed by atoms with Gasteiger partial charge >= 0.3 is 6.61 Å². The molecule has 0 radical (unpaired) electrons. The molecule has 1 unspecified atom stereocenters. The number of anilines is 1. The van der Waals surface area contributed by atoms with E-state index in [2.05, 4.69) is 10.1 Å². The monoisotopic (exact) mass is 411 g/mol. The maximum Gasteiger partial charge on any atom is 0.387 e. The highest BCUT2D eigenvalue weighted by Gasteiger charge is 2.16. The van der Waals surface area contributed by atoms with E-state index in [1.807, 2.05) is 7.05 Å². The molecule has 0 spiro atoms. The molecule has 0 heterocycles. The van der Waals surface area contributed by atoms with Gasteiger partial charge in [-0.2, -0.15) is 8.78 Å². The van der Waals surface area contributed by atoms with Crippen LogP contribution in [0.4, 0.5) is 14.5 Å². The Morgan fingerprint density at radius 2 is 1.69 bits per heavy atom. The van der Waals surface area contributed by atoms with Crippen molar-refractivity contribution in [1.29, 1.82) is 0 Å². The van der Waals surface area contributed by atoms with Gasteiger partial charge < -0.3 is 29.2 Å². The van der Waals surface area contributed by atoms with Crippen LogP contribution in [0.3, 0.4) is 0 Å². The van der Waals surface area contributed by atoms with E-state index in [9.17, 15) is 13.6 Å². The fourth-order valence-electron chi connectivity index (χ4n) is 2.81. The van der Waals surface area contributed by atoms with Crippen LogP contribution in [0.2, 0.25) is 0 Å². The van der Waals surface area contributed by atoms with Crippen LogP contribution in [-0.2, 0) is 11.3 Å². The van der Waals surface area contributed by atoms with E-state index >= 15 is 0 Å². The summed E-state index contributed by atoms with van der Waals surface area (Å²) in [5.74, 6) is 1.09. The third-order valence-electron chi connectivity index (χ3n) is 4.09. The fourth-order valence-corrected chi connectivity index (χ4v) is 2.81. The molecule has 0 aliphatic rings. The second-order valence-electron chi connectivity index (χ2n) is 6.29. The highest BCUT2D eigenvalue weighted by molar-refractivity contribution is 5.93. The second kappa shape index (κ2) is 10.5. The van der Waals surface area contributed by atoms with Crippen molar-refractivity contribution in [3.05, 3.63) is 42.0 Å². The van der Waals surface area contributed by atoms with E-state index in [1.165, 1.54) is 27.4 Å². The zero-order valence-corrected chi connectivity index (χ0v) is 16.8. The second-order valence-corrected chi connectivity index (χ2v) is 6.29. The van der Waals surface area contributed by atoms with Crippen LogP contribution in [0.15, 0.2) is 36.4 Å². The molecule has 0 aliphatic carbocycles. The van der Waals surface area contributed by atoms with Crippen LogP contribution in [-0.4, -0.2) is 47.4 Å². The summed E-state index contributed by atoms with van der Waals surface area (Å²) < 4.78 is 44.8. The summed E-state index contributed by atoms with van der Waals surface area (Å²) in [4.78, 5) is 13.3. The molecular formula is C20H25F2N2O5+. The van der Waals surface area contributed by atoms with Crippen LogP contribution < -0.4 is 29.2 Å². The molecule has 2 aromatic carbocycles. The number of benzene rings is 2. The van der Waals surface area contributed by atoms with Crippen LogP contribution >= 0.6 is 0 Å². The molecule has 29 heavy (non-hydrogen) atoms. The predicted molar refractivity (Wildman–Crippen MR) is 103 cm³/mol. The van der Waals surface area contributed by atoms with Gasteiger partial charge in [0.1, 0.15) is 18.0 Å². The molecule has 2 N–H and O–H groups in total. The van der Waals surface area contributed by atoms with Crippen LogP contribution in [0.5, 0.6) is 23.0 Å². The number of rotatable bonds is 10. The molecule has 2 aromatic rings. The highest BCUT2D eigenvalue weighted by atomic mass is 19.3. The number of hydrogen-bond acceptors (Lipinski definition) is 5. The van der Waals surface area contributed by atoms with Crippen molar-refractivity contribution in [3.8, 4) is 23.0 Å². The van der Waals surface area contributed by atoms with Crippen molar-refractivity contribution in [2.45, 2.75) is 13.2 Å². The number of methoxy groups -OCH3 is 3. The quantitative estimate of drug-likeness (QED) is 0.626. The van der Waals surface area contributed by atoms with Gasteiger partial charge in [0, 0.05) is 11.6 Å². The zero-order valence-electron chi connectivity index (χ0n) is 16.8. The summed E-state index contributed by atoms with van der Waals surface area (Å²) in [6.07, 6.45) is 0. The smallest absolute Gasteiger partial charge is 0.387 e. The summed E-state index contributed by atoms with van der Waals surface area (Å²) in [7, 11) is 6.28.